The van der Waals surface area contributed by atoms with Gasteiger partial charge in [0, 0.05) is 5.69 Å². The van der Waals surface area contributed by atoms with Gasteiger partial charge in [0.15, 0.2) is 5.82 Å². The van der Waals surface area contributed by atoms with Crippen molar-refractivity contribution in [1.29, 1.82) is 0 Å². The highest BCUT2D eigenvalue weighted by atomic mass is 35.5. The smallest absolute Gasteiger partial charge is 0.247 e. The van der Waals surface area contributed by atoms with Crippen LogP contribution in [0.2, 0.25) is 5.15 Å². The molecule has 102 valence electrons. The van der Waals surface area contributed by atoms with Crippen molar-refractivity contribution in [2.45, 2.75) is 19.9 Å². The van der Waals surface area contributed by atoms with Crippen LogP contribution in [0.5, 0.6) is 0 Å². The van der Waals surface area contributed by atoms with Gasteiger partial charge in [0.25, 0.3) is 0 Å². The van der Waals surface area contributed by atoms with Crippen molar-refractivity contribution in [3.8, 4) is 0 Å². The van der Waals surface area contributed by atoms with Crippen molar-refractivity contribution in [3.05, 3.63) is 47.1 Å². The first kappa shape index (κ1) is 12.9. The van der Waals surface area contributed by atoms with Crippen LogP contribution >= 0.6 is 11.6 Å². The maximum absolute atomic E-state index is 12.1. The molecule has 2 heterocycles. The van der Waals surface area contributed by atoms with Gasteiger partial charge < -0.3 is 10.2 Å². The average Bonchev–Trinajstić information content (AvgIpc) is 2.41. The lowest BCUT2D eigenvalue weighted by molar-refractivity contribution is -0.117. The lowest BCUT2D eigenvalue weighted by Crippen LogP contribution is -2.44. The summed E-state index contributed by atoms with van der Waals surface area (Å²) in [5.74, 6) is 0.623. The summed E-state index contributed by atoms with van der Waals surface area (Å²) in [6.07, 6.45) is 0. The number of pyridine rings is 1. The fraction of sp³-hybridized carbons (Fsp3) is 0.200. The molecule has 0 fully saturated rings. The summed E-state index contributed by atoms with van der Waals surface area (Å²) in [7, 11) is 0. The predicted molar refractivity (Wildman–Crippen MR) is 80.7 cm³/mol. The van der Waals surface area contributed by atoms with Gasteiger partial charge in [0.2, 0.25) is 5.91 Å². The van der Waals surface area contributed by atoms with Crippen LogP contribution in [0.25, 0.3) is 0 Å². The third-order valence-corrected chi connectivity index (χ3v) is 3.58. The summed E-state index contributed by atoms with van der Waals surface area (Å²) in [6, 6.07) is 11.1. The van der Waals surface area contributed by atoms with Gasteiger partial charge in [-0.2, -0.15) is 0 Å². The Morgan fingerprint density at radius 1 is 1.30 bits per heavy atom. The topological polar surface area (TPSA) is 45.2 Å². The Hall–Kier alpha value is -2.07. The van der Waals surface area contributed by atoms with E-state index in [2.05, 4.69) is 10.3 Å². The zero-order valence-electron chi connectivity index (χ0n) is 11.2. The zero-order valence-corrected chi connectivity index (χ0v) is 12.0. The molecule has 4 nitrogen and oxygen atoms in total. The van der Waals surface area contributed by atoms with Gasteiger partial charge in [-0.15, -0.1) is 0 Å². The molecule has 1 unspecified atom stereocenters. The number of aryl methyl sites for hydroxylation is 1. The van der Waals surface area contributed by atoms with Crippen molar-refractivity contribution in [3.63, 3.8) is 0 Å². The molecule has 1 amide bonds. The largest absolute Gasteiger partial charge is 0.321 e. The first-order valence-electron chi connectivity index (χ1n) is 6.39. The summed E-state index contributed by atoms with van der Waals surface area (Å²) in [4.78, 5) is 18.4. The Kier molecular flexibility index (Phi) is 3.10. The van der Waals surface area contributed by atoms with E-state index in [0.717, 1.165) is 11.3 Å². The van der Waals surface area contributed by atoms with E-state index in [4.69, 9.17) is 11.6 Å². The number of nitrogens with zero attached hydrogens (tertiary/aromatic N) is 2. The third kappa shape index (κ3) is 2.12. The number of benzene rings is 1. The molecule has 0 saturated heterocycles. The van der Waals surface area contributed by atoms with Gasteiger partial charge in [0.1, 0.15) is 11.2 Å². The van der Waals surface area contributed by atoms with Crippen molar-refractivity contribution in [2.24, 2.45) is 0 Å². The number of anilines is 3. The molecule has 1 aromatic heterocycles. The van der Waals surface area contributed by atoms with Gasteiger partial charge in [0.05, 0.1) is 5.69 Å². The summed E-state index contributed by atoms with van der Waals surface area (Å²) < 4.78 is 0. The predicted octanol–water partition coefficient (Wildman–Crippen LogP) is 3.52. The number of aromatic nitrogens is 1. The van der Waals surface area contributed by atoms with Gasteiger partial charge in [-0.3, -0.25) is 4.79 Å². The van der Waals surface area contributed by atoms with E-state index in [-0.39, 0.29) is 11.9 Å². The first-order chi connectivity index (χ1) is 9.56. The number of hydrogen-bond donors (Lipinski definition) is 1. The number of nitrogens with one attached hydrogen (secondary N) is 1. The number of fused-ring (bicyclic) bond motifs is 1. The quantitative estimate of drug-likeness (QED) is 0.816. The second kappa shape index (κ2) is 4.80. The highest BCUT2D eigenvalue weighted by molar-refractivity contribution is 6.29. The van der Waals surface area contributed by atoms with Crippen molar-refractivity contribution in [1.82, 2.24) is 4.98 Å². The molecule has 0 saturated carbocycles. The summed E-state index contributed by atoms with van der Waals surface area (Å²) in [5.41, 5.74) is 2.74. The van der Waals surface area contributed by atoms with Crippen molar-refractivity contribution < 1.29 is 4.79 Å². The summed E-state index contributed by atoms with van der Waals surface area (Å²) in [5, 5.41) is 3.26. The van der Waals surface area contributed by atoms with Crippen LogP contribution < -0.4 is 10.2 Å². The Balaban J connectivity index is 2.18. The molecule has 1 atom stereocenters. The number of amides is 1. The molecule has 0 spiro atoms. The Labute approximate surface area is 122 Å². The van der Waals surface area contributed by atoms with E-state index in [1.165, 1.54) is 0 Å². The van der Waals surface area contributed by atoms with Crippen LogP contribution in [-0.2, 0) is 4.79 Å². The van der Waals surface area contributed by atoms with Crippen LogP contribution in [0.4, 0.5) is 17.2 Å². The second-order valence-corrected chi connectivity index (χ2v) is 5.27. The summed E-state index contributed by atoms with van der Waals surface area (Å²) >= 11 is 5.99. The van der Waals surface area contributed by atoms with E-state index >= 15 is 0 Å². The average molecular weight is 288 g/mol. The highest BCUT2D eigenvalue weighted by Crippen LogP contribution is 2.37. The third-order valence-electron chi connectivity index (χ3n) is 3.37. The zero-order chi connectivity index (χ0) is 14.3. The molecular formula is C15H14ClN3O. The monoisotopic (exact) mass is 287 g/mol. The van der Waals surface area contributed by atoms with Crippen molar-refractivity contribution >= 4 is 34.7 Å². The van der Waals surface area contributed by atoms with E-state index in [0.29, 0.717) is 16.7 Å². The van der Waals surface area contributed by atoms with E-state index in [1.54, 1.807) is 12.1 Å². The number of carbonyl (C=O) groups is 1. The molecule has 0 bridgehead atoms. The number of rotatable bonds is 1. The molecule has 1 aromatic carbocycles. The molecular weight excluding hydrogens is 274 g/mol. The molecule has 2 aromatic rings. The van der Waals surface area contributed by atoms with E-state index in [1.807, 2.05) is 43.0 Å². The molecule has 1 aliphatic heterocycles. The molecule has 1 N–H and O–H groups in total. The minimum absolute atomic E-state index is 0.0527. The molecule has 5 heteroatoms. The van der Waals surface area contributed by atoms with Gasteiger partial charge in [-0.05, 0) is 43.7 Å². The van der Waals surface area contributed by atoms with Crippen LogP contribution in [0.3, 0.4) is 0 Å². The lowest BCUT2D eigenvalue weighted by Gasteiger charge is -2.35. The first-order valence-corrected chi connectivity index (χ1v) is 6.77. The Bertz CT molecular complexity index is 687. The lowest BCUT2D eigenvalue weighted by atomic mass is 10.1. The van der Waals surface area contributed by atoms with Crippen LogP contribution in [0.1, 0.15) is 12.5 Å². The number of carbonyl (C=O) groups excluding carboxylic acids is 1. The fourth-order valence-corrected chi connectivity index (χ4v) is 2.51. The molecule has 20 heavy (non-hydrogen) atoms. The SMILES string of the molecule is Cc1cccc(N2c3nc(Cl)ccc3NC(=O)C2C)c1. The van der Waals surface area contributed by atoms with Gasteiger partial charge in [-0.1, -0.05) is 23.7 Å². The molecule has 1 aliphatic rings. The molecule has 0 radical (unpaired) electrons. The second-order valence-electron chi connectivity index (χ2n) is 4.88. The van der Waals surface area contributed by atoms with E-state index in [9.17, 15) is 4.79 Å². The van der Waals surface area contributed by atoms with Gasteiger partial charge >= 0.3 is 0 Å². The normalized spacial score (nSPS) is 17.6. The minimum Gasteiger partial charge on any atom is -0.321 e. The van der Waals surface area contributed by atoms with Gasteiger partial charge in [-0.25, -0.2) is 4.98 Å². The number of halogens is 1. The van der Waals surface area contributed by atoms with Crippen LogP contribution in [0.15, 0.2) is 36.4 Å². The van der Waals surface area contributed by atoms with Crippen molar-refractivity contribution in [2.75, 3.05) is 10.2 Å². The minimum atomic E-state index is -0.338. The molecule has 3 rings (SSSR count). The Morgan fingerprint density at radius 3 is 2.85 bits per heavy atom. The highest BCUT2D eigenvalue weighted by Gasteiger charge is 2.31. The van der Waals surface area contributed by atoms with Crippen LogP contribution in [0, 0.1) is 6.92 Å². The molecule has 0 aliphatic carbocycles. The van der Waals surface area contributed by atoms with E-state index < -0.39 is 0 Å². The van der Waals surface area contributed by atoms with Crippen LogP contribution in [-0.4, -0.2) is 16.9 Å². The maximum atomic E-state index is 12.1. The summed E-state index contributed by atoms with van der Waals surface area (Å²) in [6.45, 7) is 3.87. The number of hydrogen-bond acceptors (Lipinski definition) is 3. The standard InChI is InChI=1S/C15H14ClN3O/c1-9-4-3-5-11(8-9)19-10(2)15(20)17-12-6-7-13(16)18-14(12)19/h3-8,10H,1-2H3,(H,17,20). The fourth-order valence-electron chi connectivity index (χ4n) is 2.37. The Morgan fingerprint density at radius 2 is 2.10 bits per heavy atom. The maximum Gasteiger partial charge on any atom is 0.247 e.